The Bertz CT molecular complexity index is 667. The summed E-state index contributed by atoms with van der Waals surface area (Å²) in [5.41, 5.74) is 1.36. The van der Waals surface area contributed by atoms with Crippen LogP contribution in [0.5, 0.6) is 0 Å². The minimum Gasteiger partial charge on any atom is -0.292 e. The molecule has 0 saturated heterocycles. The normalized spacial score (nSPS) is 18.3. The van der Waals surface area contributed by atoms with E-state index in [0.717, 1.165) is 31.2 Å². The van der Waals surface area contributed by atoms with Gasteiger partial charge >= 0.3 is 5.69 Å². The monoisotopic (exact) mass is 279 g/mol. The fraction of sp³-hybridized carbons (Fsp3) is 0.538. The number of halogens is 1. The molecule has 2 aromatic heterocycles. The largest absolute Gasteiger partial charge is 0.330 e. The second kappa shape index (κ2) is 4.63. The van der Waals surface area contributed by atoms with Crippen LogP contribution >= 0.6 is 11.6 Å². The SMILES string of the molecule is C[C]1CCC(n2c(=O)n(C)c3cnc(Cl)nc32)CC1. The van der Waals surface area contributed by atoms with Gasteiger partial charge in [0.15, 0.2) is 5.65 Å². The molecule has 1 aliphatic rings. The van der Waals surface area contributed by atoms with Gasteiger partial charge in [0.1, 0.15) is 5.52 Å². The van der Waals surface area contributed by atoms with Gasteiger partial charge in [0.25, 0.3) is 0 Å². The molecule has 0 aliphatic heterocycles. The van der Waals surface area contributed by atoms with Crippen LogP contribution in [0.4, 0.5) is 0 Å². The first-order chi connectivity index (χ1) is 9.08. The maximum absolute atomic E-state index is 12.4. The van der Waals surface area contributed by atoms with Gasteiger partial charge in [-0.15, -0.1) is 0 Å². The molecule has 0 bridgehead atoms. The molecule has 1 fully saturated rings. The topological polar surface area (TPSA) is 52.7 Å². The maximum atomic E-state index is 12.4. The van der Waals surface area contributed by atoms with Crippen molar-refractivity contribution in [3.63, 3.8) is 0 Å². The first-order valence-corrected chi connectivity index (χ1v) is 6.86. The van der Waals surface area contributed by atoms with Crippen molar-refractivity contribution in [2.45, 2.75) is 38.6 Å². The first-order valence-electron chi connectivity index (χ1n) is 6.48. The zero-order chi connectivity index (χ0) is 13.6. The second-order valence-corrected chi connectivity index (χ2v) is 5.59. The van der Waals surface area contributed by atoms with Crippen LogP contribution in [0.2, 0.25) is 5.28 Å². The number of nitrogens with zero attached hydrogens (tertiary/aromatic N) is 4. The lowest BCUT2D eigenvalue weighted by atomic mass is 9.87. The summed E-state index contributed by atoms with van der Waals surface area (Å²) in [4.78, 5) is 20.6. The van der Waals surface area contributed by atoms with Crippen molar-refractivity contribution >= 4 is 22.8 Å². The van der Waals surface area contributed by atoms with Crippen molar-refractivity contribution in [1.82, 2.24) is 19.1 Å². The second-order valence-electron chi connectivity index (χ2n) is 5.25. The molecule has 0 amide bonds. The van der Waals surface area contributed by atoms with E-state index in [1.165, 1.54) is 5.92 Å². The number of aryl methyl sites for hydroxylation is 1. The summed E-state index contributed by atoms with van der Waals surface area (Å²) < 4.78 is 3.38. The van der Waals surface area contributed by atoms with E-state index < -0.39 is 0 Å². The number of fused-ring (bicyclic) bond motifs is 1. The van der Waals surface area contributed by atoms with Crippen LogP contribution in [0.3, 0.4) is 0 Å². The smallest absolute Gasteiger partial charge is 0.292 e. The van der Waals surface area contributed by atoms with Crippen molar-refractivity contribution in [2.24, 2.45) is 7.05 Å². The van der Waals surface area contributed by atoms with Crippen molar-refractivity contribution in [2.75, 3.05) is 0 Å². The Balaban J connectivity index is 2.15. The van der Waals surface area contributed by atoms with Crippen molar-refractivity contribution in [1.29, 1.82) is 0 Å². The number of hydrogen-bond acceptors (Lipinski definition) is 3. The van der Waals surface area contributed by atoms with Crippen LogP contribution < -0.4 is 5.69 Å². The van der Waals surface area contributed by atoms with E-state index >= 15 is 0 Å². The van der Waals surface area contributed by atoms with E-state index in [1.807, 2.05) is 0 Å². The Kier molecular flexibility index (Phi) is 3.09. The van der Waals surface area contributed by atoms with E-state index in [0.29, 0.717) is 5.65 Å². The van der Waals surface area contributed by atoms with Crippen LogP contribution in [0, 0.1) is 5.92 Å². The van der Waals surface area contributed by atoms with Gasteiger partial charge in [-0.1, -0.05) is 6.92 Å². The average molecular weight is 280 g/mol. The molecule has 1 saturated carbocycles. The molecule has 0 aromatic carbocycles. The van der Waals surface area contributed by atoms with Crippen LogP contribution in [-0.4, -0.2) is 19.1 Å². The number of aromatic nitrogens is 4. The standard InChI is InChI=1S/C13H16ClN4O/c1-8-3-5-9(6-4-8)18-11-10(17(2)13(18)19)7-15-12(14)16-11/h7,9H,3-6H2,1-2H3. The molecule has 2 aromatic rings. The molecule has 101 valence electrons. The highest BCUT2D eigenvalue weighted by atomic mass is 35.5. The zero-order valence-corrected chi connectivity index (χ0v) is 11.8. The Morgan fingerprint density at radius 1 is 1.37 bits per heavy atom. The van der Waals surface area contributed by atoms with E-state index in [9.17, 15) is 4.79 Å². The van der Waals surface area contributed by atoms with Crippen LogP contribution in [-0.2, 0) is 7.05 Å². The third kappa shape index (κ3) is 2.06. The van der Waals surface area contributed by atoms with Crippen molar-refractivity contribution in [3.8, 4) is 0 Å². The van der Waals surface area contributed by atoms with E-state index in [-0.39, 0.29) is 17.0 Å². The van der Waals surface area contributed by atoms with E-state index in [2.05, 4.69) is 16.9 Å². The molecule has 0 unspecified atom stereocenters. The predicted molar refractivity (Wildman–Crippen MR) is 74.2 cm³/mol. The van der Waals surface area contributed by atoms with Crippen molar-refractivity contribution < 1.29 is 0 Å². The lowest BCUT2D eigenvalue weighted by Crippen LogP contribution is -2.28. The zero-order valence-electron chi connectivity index (χ0n) is 11.1. The highest BCUT2D eigenvalue weighted by Gasteiger charge is 2.25. The number of imidazole rings is 1. The lowest BCUT2D eigenvalue weighted by Gasteiger charge is -2.26. The highest BCUT2D eigenvalue weighted by Crippen LogP contribution is 2.33. The van der Waals surface area contributed by atoms with Gasteiger partial charge in [0.05, 0.1) is 6.20 Å². The molecule has 5 nitrogen and oxygen atoms in total. The van der Waals surface area contributed by atoms with Crippen LogP contribution in [0.15, 0.2) is 11.0 Å². The third-order valence-electron chi connectivity index (χ3n) is 3.98. The number of rotatable bonds is 1. The molecule has 3 rings (SSSR count). The summed E-state index contributed by atoms with van der Waals surface area (Å²) in [5, 5.41) is 0.186. The molecular formula is C13H16ClN4O. The van der Waals surface area contributed by atoms with Crippen LogP contribution in [0.25, 0.3) is 11.2 Å². The van der Waals surface area contributed by atoms with Crippen LogP contribution in [0.1, 0.15) is 38.6 Å². The van der Waals surface area contributed by atoms with Gasteiger partial charge in [-0.3, -0.25) is 9.13 Å². The maximum Gasteiger partial charge on any atom is 0.330 e. The molecule has 1 radical (unpaired) electrons. The predicted octanol–water partition coefficient (Wildman–Crippen LogP) is 2.49. The van der Waals surface area contributed by atoms with E-state index in [4.69, 9.17) is 11.6 Å². The molecule has 0 spiro atoms. The highest BCUT2D eigenvalue weighted by molar-refractivity contribution is 6.28. The third-order valence-corrected chi connectivity index (χ3v) is 4.16. The summed E-state index contributed by atoms with van der Waals surface area (Å²) in [6, 6.07) is 0.214. The van der Waals surface area contributed by atoms with Gasteiger partial charge in [0.2, 0.25) is 5.28 Å². The first kappa shape index (κ1) is 12.7. The molecule has 2 heterocycles. The Morgan fingerprint density at radius 2 is 2.05 bits per heavy atom. The quantitative estimate of drug-likeness (QED) is 0.754. The fourth-order valence-electron chi connectivity index (χ4n) is 2.80. The van der Waals surface area contributed by atoms with Crippen molar-refractivity contribution in [3.05, 3.63) is 27.9 Å². The summed E-state index contributed by atoms with van der Waals surface area (Å²) in [5.74, 6) is 1.51. The summed E-state index contributed by atoms with van der Waals surface area (Å²) in [6.45, 7) is 2.18. The van der Waals surface area contributed by atoms with E-state index in [1.54, 1.807) is 22.4 Å². The minimum atomic E-state index is -0.0314. The number of hydrogen-bond donors (Lipinski definition) is 0. The van der Waals surface area contributed by atoms with Gasteiger partial charge in [-0.05, 0) is 43.2 Å². The average Bonchev–Trinajstić information content (AvgIpc) is 2.63. The molecular weight excluding hydrogens is 264 g/mol. The van der Waals surface area contributed by atoms with Gasteiger partial charge in [0, 0.05) is 13.1 Å². The fourth-order valence-corrected chi connectivity index (χ4v) is 2.93. The Morgan fingerprint density at radius 3 is 2.74 bits per heavy atom. The lowest BCUT2D eigenvalue weighted by molar-refractivity contribution is 0.369. The Hall–Kier alpha value is -1.36. The molecule has 1 aliphatic carbocycles. The molecule has 6 heteroatoms. The molecule has 19 heavy (non-hydrogen) atoms. The molecule has 0 atom stereocenters. The van der Waals surface area contributed by atoms with Gasteiger partial charge in [-0.2, -0.15) is 4.98 Å². The summed E-state index contributed by atoms with van der Waals surface area (Å²) in [6.07, 6.45) is 5.75. The molecule has 0 N–H and O–H groups in total. The minimum absolute atomic E-state index is 0.0314. The Labute approximate surface area is 116 Å². The summed E-state index contributed by atoms with van der Waals surface area (Å²) >= 11 is 5.86. The van der Waals surface area contributed by atoms with Gasteiger partial charge < -0.3 is 0 Å². The van der Waals surface area contributed by atoms with Gasteiger partial charge in [-0.25, -0.2) is 9.78 Å². The summed E-state index contributed by atoms with van der Waals surface area (Å²) in [7, 11) is 1.75.